The van der Waals surface area contributed by atoms with Gasteiger partial charge in [0, 0.05) is 4.43 Å². The van der Waals surface area contributed by atoms with E-state index >= 15 is 0 Å². The lowest BCUT2D eigenvalue weighted by Gasteiger charge is -2.40. The van der Waals surface area contributed by atoms with E-state index in [9.17, 15) is 18.7 Å². The molecule has 7 nitrogen and oxygen atoms in total. The van der Waals surface area contributed by atoms with E-state index in [1.54, 1.807) is 0 Å². The van der Waals surface area contributed by atoms with Crippen LogP contribution in [0.4, 0.5) is 14.6 Å². The minimum absolute atomic E-state index is 0.0375. The van der Waals surface area contributed by atoms with Crippen molar-refractivity contribution in [2.45, 2.75) is 63.0 Å². The van der Waals surface area contributed by atoms with Crippen molar-refractivity contribution in [3.05, 3.63) is 22.5 Å². The van der Waals surface area contributed by atoms with Crippen LogP contribution in [0.5, 0.6) is 0 Å². The van der Waals surface area contributed by atoms with Crippen LogP contribution in [-0.2, 0) is 9.16 Å². The number of aliphatic hydroxyl groups excluding tert-OH is 1. The third-order valence-electron chi connectivity index (χ3n) is 5.39. The van der Waals surface area contributed by atoms with E-state index in [0.717, 1.165) is 6.20 Å². The Morgan fingerprint density at radius 2 is 2.11 bits per heavy atom. The number of ether oxygens (including phenoxy) is 1. The fraction of sp³-hybridized carbons (Fsp3) is 0.750. The Morgan fingerprint density at radius 1 is 1.52 bits per heavy atom. The van der Waals surface area contributed by atoms with Crippen molar-refractivity contribution in [2.24, 2.45) is 0 Å². The number of alkyl halides is 2. The van der Waals surface area contributed by atoms with Crippen molar-refractivity contribution >= 4 is 36.7 Å². The molecule has 1 fully saturated rings. The zero-order chi connectivity index (χ0) is 20.8. The average Bonchev–Trinajstić information content (AvgIpc) is 2.81. The highest BCUT2D eigenvalue weighted by atomic mass is 127. The maximum Gasteiger partial charge on any atom is 0.351 e. The summed E-state index contributed by atoms with van der Waals surface area (Å²) in [6, 6.07) is 0. The summed E-state index contributed by atoms with van der Waals surface area (Å²) >= 11 is 1.98. The third kappa shape index (κ3) is 4.21. The van der Waals surface area contributed by atoms with E-state index in [0.29, 0.717) is 4.57 Å². The molecule has 0 bridgehead atoms. The standard InChI is InChI=1S/C16H26F2IN3O4Si/c1-15(2,3)27(4,5)25-8-16(7-19)11(23)10(18)13(26-16)22-6-9(17)12(20)21-14(22)24/h6,10-11,13,23H,7-8H2,1-5H3,(H2,20,21,24)/t10-,11-,13+,16+/m0/s1. The number of halogens is 3. The maximum absolute atomic E-state index is 14.9. The molecule has 0 spiro atoms. The second-order valence-corrected chi connectivity index (χ2v) is 13.9. The number of hydrogen-bond donors (Lipinski definition) is 2. The van der Waals surface area contributed by atoms with E-state index in [1.165, 1.54) is 0 Å². The van der Waals surface area contributed by atoms with Crippen LogP contribution in [0.1, 0.15) is 27.0 Å². The van der Waals surface area contributed by atoms with E-state index < -0.39 is 49.7 Å². The van der Waals surface area contributed by atoms with Gasteiger partial charge in [-0.3, -0.25) is 4.57 Å². The molecule has 0 unspecified atom stereocenters. The molecular weight excluding hydrogens is 491 g/mol. The summed E-state index contributed by atoms with van der Waals surface area (Å²) in [4.78, 5) is 15.4. The first-order valence-electron chi connectivity index (χ1n) is 8.50. The van der Waals surface area contributed by atoms with Crippen molar-refractivity contribution in [1.29, 1.82) is 0 Å². The van der Waals surface area contributed by atoms with Gasteiger partial charge < -0.3 is 20.0 Å². The van der Waals surface area contributed by atoms with Crippen LogP contribution in [0.2, 0.25) is 18.1 Å². The van der Waals surface area contributed by atoms with Crippen molar-refractivity contribution < 1.29 is 23.1 Å². The molecule has 0 saturated carbocycles. The first-order chi connectivity index (χ1) is 12.3. The van der Waals surface area contributed by atoms with Crippen LogP contribution in [0, 0.1) is 5.82 Å². The van der Waals surface area contributed by atoms with Gasteiger partial charge >= 0.3 is 5.69 Å². The van der Waals surface area contributed by atoms with Crippen LogP contribution in [0.25, 0.3) is 0 Å². The van der Waals surface area contributed by atoms with Crippen molar-refractivity contribution in [3.63, 3.8) is 0 Å². The summed E-state index contributed by atoms with van der Waals surface area (Å²) in [5, 5.41) is 10.4. The zero-order valence-corrected chi connectivity index (χ0v) is 19.2. The van der Waals surface area contributed by atoms with Crippen molar-refractivity contribution in [1.82, 2.24) is 9.55 Å². The summed E-state index contributed by atoms with van der Waals surface area (Å²) < 4.78 is 41.4. The van der Waals surface area contributed by atoms with Gasteiger partial charge in [-0.2, -0.15) is 4.98 Å². The molecule has 2 heterocycles. The van der Waals surface area contributed by atoms with Gasteiger partial charge in [0.05, 0.1) is 12.8 Å². The molecule has 11 heteroatoms. The number of hydrogen-bond acceptors (Lipinski definition) is 6. The van der Waals surface area contributed by atoms with Crippen LogP contribution >= 0.6 is 22.6 Å². The summed E-state index contributed by atoms with van der Waals surface area (Å²) in [6.07, 6.45) is -4.28. The monoisotopic (exact) mass is 517 g/mol. The van der Waals surface area contributed by atoms with Gasteiger partial charge in [-0.15, -0.1) is 0 Å². The number of aliphatic hydroxyl groups is 1. The van der Waals surface area contributed by atoms with Gasteiger partial charge in [0.1, 0.15) is 11.7 Å². The molecule has 27 heavy (non-hydrogen) atoms. The molecule has 1 aliphatic rings. The lowest BCUT2D eigenvalue weighted by Crippen LogP contribution is -2.52. The number of nitrogens with two attached hydrogens (primary N) is 1. The highest BCUT2D eigenvalue weighted by Crippen LogP contribution is 2.43. The van der Waals surface area contributed by atoms with Gasteiger partial charge in [-0.1, -0.05) is 43.4 Å². The second-order valence-electron chi connectivity index (χ2n) is 8.31. The average molecular weight is 517 g/mol. The normalized spacial score (nSPS) is 29.3. The first-order valence-corrected chi connectivity index (χ1v) is 12.9. The Bertz CT molecular complexity index is 758. The summed E-state index contributed by atoms with van der Waals surface area (Å²) in [5.74, 6) is -1.55. The molecular formula is C16H26F2IN3O4Si. The Labute approximate surface area is 171 Å². The minimum atomic E-state index is -2.19. The Hall–Kier alpha value is -0.633. The molecule has 0 radical (unpaired) electrons. The van der Waals surface area contributed by atoms with E-state index in [-0.39, 0.29) is 16.1 Å². The second kappa shape index (κ2) is 7.65. The molecule has 1 aromatic rings. The largest absolute Gasteiger partial charge is 0.414 e. The van der Waals surface area contributed by atoms with E-state index in [4.69, 9.17) is 14.9 Å². The Kier molecular flexibility index (Phi) is 6.42. The predicted molar refractivity (Wildman–Crippen MR) is 109 cm³/mol. The van der Waals surface area contributed by atoms with Crippen molar-refractivity contribution in [2.75, 3.05) is 16.8 Å². The summed E-state index contributed by atoms with van der Waals surface area (Å²) in [7, 11) is -2.19. The van der Waals surface area contributed by atoms with Crippen LogP contribution in [0.15, 0.2) is 11.0 Å². The quantitative estimate of drug-likeness (QED) is 0.354. The Balaban J connectivity index is 2.33. The third-order valence-corrected chi connectivity index (χ3v) is 11.2. The summed E-state index contributed by atoms with van der Waals surface area (Å²) in [5.41, 5.74) is 2.95. The highest BCUT2D eigenvalue weighted by Gasteiger charge is 2.57. The van der Waals surface area contributed by atoms with Crippen LogP contribution < -0.4 is 11.4 Å². The van der Waals surface area contributed by atoms with Crippen LogP contribution in [0.3, 0.4) is 0 Å². The molecule has 1 aliphatic heterocycles. The van der Waals surface area contributed by atoms with Crippen molar-refractivity contribution in [3.8, 4) is 0 Å². The fourth-order valence-corrected chi connectivity index (χ4v) is 4.35. The number of anilines is 1. The smallest absolute Gasteiger partial charge is 0.351 e. The molecule has 1 saturated heterocycles. The topological polar surface area (TPSA) is 99.6 Å². The van der Waals surface area contributed by atoms with Gasteiger partial charge in [-0.05, 0) is 18.1 Å². The number of nitrogens with zero attached hydrogens (tertiary/aromatic N) is 2. The minimum Gasteiger partial charge on any atom is -0.414 e. The van der Waals surface area contributed by atoms with Gasteiger partial charge in [0.15, 0.2) is 32.4 Å². The lowest BCUT2D eigenvalue weighted by molar-refractivity contribution is -0.109. The zero-order valence-electron chi connectivity index (χ0n) is 16.0. The number of rotatable bonds is 5. The molecule has 3 N–H and O–H groups in total. The van der Waals surface area contributed by atoms with E-state index in [1.807, 2.05) is 35.7 Å². The maximum atomic E-state index is 14.9. The van der Waals surface area contributed by atoms with Gasteiger partial charge in [-0.25, -0.2) is 13.6 Å². The molecule has 0 aromatic carbocycles. The first kappa shape index (κ1) is 22.7. The van der Waals surface area contributed by atoms with E-state index in [2.05, 4.69) is 25.8 Å². The molecule has 1 aromatic heterocycles. The molecule has 154 valence electrons. The summed E-state index contributed by atoms with van der Waals surface area (Å²) in [6.45, 7) is 10.2. The SMILES string of the molecule is CC(C)(C)[Si](C)(C)OC[C@@]1(CI)O[C@@H](n2cc(F)c(N)nc2=O)[C@@H](F)[C@@H]1O. The number of aromatic nitrogens is 2. The lowest BCUT2D eigenvalue weighted by atomic mass is 9.99. The molecule has 2 rings (SSSR count). The molecule has 4 atom stereocenters. The Morgan fingerprint density at radius 3 is 2.63 bits per heavy atom. The molecule has 0 aliphatic carbocycles. The highest BCUT2D eigenvalue weighted by molar-refractivity contribution is 14.1. The predicted octanol–water partition coefficient (Wildman–Crippen LogP) is 2.39. The van der Waals surface area contributed by atoms with Gasteiger partial charge in [0.2, 0.25) is 0 Å². The fourth-order valence-electron chi connectivity index (χ4n) is 2.46. The molecule has 0 amide bonds. The number of nitrogen functional groups attached to an aromatic ring is 1. The van der Waals surface area contributed by atoms with Crippen LogP contribution in [-0.4, -0.2) is 51.9 Å². The van der Waals surface area contributed by atoms with Gasteiger partial charge in [0.25, 0.3) is 0 Å².